The summed E-state index contributed by atoms with van der Waals surface area (Å²) < 4.78 is 2.38. The molecule has 0 fully saturated rings. The van der Waals surface area contributed by atoms with E-state index >= 15 is 0 Å². The number of para-hydroxylation sites is 2. The average Bonchev–Trinajstić information content (AvgIpc) is 3.82. The standard InChI is InChI=1S/C61H43N3/c1-61(2)54-27-14-12-25-50(54)51-31-29-44(38-55(51)61)48-35-46(34-47(36-48)43-30-32-59-53(37-43)52-26-13-15-28-58(52)64(59)49-23-10-5-11-24-49)42-21-16-22-45(33-42)57-39-56(40-17-6-3-7-18-40)62-60(63-57)41-19-8-4-9-20-41/h3-39H,1-2H3. The van der Waals surface area contributed by atoms with E-state index in [0.717, 1.165) is 44.9 Å². The van der Waals surface area contributed by atoms with Gasteiger partial charge in [-0.1, -0.05) is 172 Å². The van der Waals surface area contributed by atoms with Crippen molar-refractivity contribution < 1.29 is 0 Å². The van der Waals surface area contributed by atoms with Crippen LogP contribution in [0.4, 0.5) is 0 Å². The molecule has 302 valence electrons. The summed E-state index contributed by atoms with van der Waals surface area (Å²) in [4.78, 5) is 10.3. The van der Waals surface area contributed by atoms with E-state index in [9.17, 15) is 0 Å². The Hall–Kier alpha value is -8.14. The number of aromatic nitrogens is 3. The van der Waals surface area contributed by atoms with Gasteiger partial charge in [-0.3, -0.25) is 0 Å². The number of nitrogens with zero attached hydrogens (tertiary/aromatic N) is 3. The van der Waals surface area contributed by atoms with Gasteiger partial charge >= 0.3 is 0 Å². The van der Waals surface area contributed by atoms with E-state index in [4.69, 9.17) is 9.97 Å². The Morgan fingerprint density at radius 2 is 0.844 bits per heavy atom. The van der Waals surface area contributed by atoms with Crippen LogP contribution in [0.2, 0.25) is 0 Å². The smallest absolute Gasteiger partial charge is 0.160 e. The second-order valence-electron chi connectivity index (χ2n) is 17.4. The number of hydrogen-bond donors (Lipinski definition) is 0. The van der Waals surface area contributed by atoms with E-state index in [-0.39, 0.29) is 5.41 Å². The van der Waals surface area contributed by atoms with Crippen molar-refractivity contribution in [3.63, 3.8) is 0 Å². The summed E-state index contributed by atoms with van der Waals surface area (Å²) in [5.41, 5.74) is 20.7. The van der Waals surface area contributed by atoms with Crippen LogP contribution < -0.4 is 0 Å². The van der Waals surface area contributed by atoms with Crippen LogP contribution in [0.15, 0.2) is 224 Å². The van der Waals surface area contributed by atoms with Crippen LogP contribution in [0.3, 0.4) is 0 Å². The van der Waals surface area contributed by atoms with Gasteiger partial charge in [0.05, 0.1) is 22.4 Å². The van der Waals surface area contributed by atoms with Gasteiger partial charge in [0.25, 0.3) is 0 Å². The normalized spacial score (nSPS) is 12.7. The highest BCUT2D eigenvalue weighted by Crippen LogP contribution is 2.50. The van der Waals surface area contributed by atoms with Crippen molar-refractivity contribution >= 4 is 21.8 Å². The molecule has 3 nitrogen and oxygen atoms in total. The zero-order chi connectivity index (χ0) is 42.8. The van der Waals surface area contributed by atoms with Gasteiger partial charge in [0.1, 0.15) is 0 Å². The molecule has 11 aromatic rings. The summed E-state index contributed by atoms with van der Waals surface area (Å²) in [6.45, 7) is 4.71. The number of hydrogen-bond acceptors (Lipinski definition) is 2. The minimum absolute atomic E-state index is 0.108. The molecule has 3 heteroatoms. The lowest BCUT2D eigenvalue weighted by Gasteiger charge is -2.22. The fourth-order valence-corrected chi connectivity index (χ4v) is 9.95. The number of fused-ring (bicyclic) bond motifs is 6. The first-order valence-electron chi connectivity index (χ1n) is 22.1. The number of benzene rings is 9. The number of rotatable bonds is 7. The van der Waals surface area contributed by atoms with Gasteiger partial charge in [-0.25, -0.2) is 9.97 Å². The summed E-state index contributed by atoms with van der Waals surface area (Å²) in [6.07, 6.45) is 0. The minimum atomic E-state index is -0.108. The van der Waals surface area contributed by atoms with Crippen molar-refractivity contribution in [2.45, 2.75) is 19.3 Å². The van der Waals surface area contributed by atoms with Crippen LogP contribution in [0, 0.1) is 0 Å². The predicted molar refractivity (Wildman–Crippen MR) is 267 cm³/mol. The molecule has 0 saturated carbocycles. The Morgan fingerprint density at radius 1 is 0.328 bits per heavy atom. The first-order chi connectivity index (χ1) is 31.5. The Labute approximate surface area is 373 Å². The van der Waals surface area contributed by atoms with Crippen molar-refractivity contribution in [1.29, 1.82) is 0 Å². The van der Waals surface area contributed by atoms with Gasteiger partial charge in [0.2, 0.25) is 0 Å². The molecule has 0 saturated heterocycles. The lowest BCUT2D eigenvalue weighted by molar-refractivity contribution is 0.660. The second kappa shape index (κ2) is 15.0. The molecular formula is C61H43N3. The van der Waals surface area contributed by atoms with E-state index in [2.05, 4.69) is 219 Å². The highest BCUT2D eigenvalue weighted by molar-refractivity contribution is 6.10. The summed E-state index contributed by atoms with van der Waals surface area (Å²) in [6, 6.07) is 81.0. The lowest BCUT2D eigenvalue weighted by Crippen LogP contribution is -2.14. The van der Waals surface area contributed by atoms with E-state index in [0.29, 0.717) is 5.82 Å². The van der Waals surface area contributed by atoms with Crippen LogP contribution in [-0.2, 0) is 5.41 Å². The molecule has 12 rings (SSSR count). The van der Waals surface area contributed by atoms with Crippen LogP contribution in [0.1, 0.15) is 25.0 Å². The quantitative estimate of drug-likeness (QED) is 0.160. The molecule has 2 aromatic heterocycles. The summed E-state index contributed by atoms with van der Waals surface area (Å²) in [5, 5.41) is 2.47. The Balaban J connectivity index is 1.04. The molecule has 0 N–H and O–H groups in total. The molecule has 0 aliphatic heterocycles. The highest BCUT2D eigenvalue weighted by Gasteiger charge is 2.35. The van der Waals surface area contributed by atoms with Crippen molar-refractivity contribution in [2.24, 2.45) is 0 Å². The predicted octanol–water partition coefficient (Wildman–Crippen LogP) is 15.9. The maximum absolute atomic E-state index is 5.19. The van der Waals surface area contributed by atoms with Gasteiger partial charge < -0.3 is 4.57 Å². The molecule has 0 bridgehead atoms. The highest BCUT2D eigenvalue weighted by atomic mass is 15.0. The van der Waals surface area contributed by atoms with Gasteiger partial charge in [0, 0.05) is 38.6 Å². The fraction of sp³-hybridized carbons (Fsp3) is 0.0492. The summed E-state index contributed by atoms with van der Waals surface area (Å²) in [5.74, 6) is 0.706. The zero-order valence-corrected chi connectivity index (χ0v) is 35.7. The van der Waals surface area contributed by atoms with Crippen LogP contribution in [0.25, 0.3) is 106 Å². The third kappa shape index (κ3) is 6.36. The third-order valence-corrected chi connectivity index (χ3v) is 13.2. The van der Waals surface area contributed by atoms with E-state index in [1.54, 1.807) is 0 Å². The first-order valence-corrected chi connectivity index (χ1v) is 22.1. The van der Waals surface area contributed by atoms with E-state index < -0.39 is 0 Å². The van der Waals surface area contributed by atoms with Crippen molar-refractivity contribution in [3.8, 4) is 84.1 Å². The first kappa shape index (κ1) is 37.6. The monoisotopic (exact) mass is 817 g/mol. The summed E-state index contributed by atoms with van der Waals surface area (Å²) >= 11 is 0. The Morgan fingerprint density at radius 3 is 1.59 bits per heavy atom. The molecule has 0 radical (unpaired) electrons. The Kier molecular flexibility index (Phi) is 8.84. The fourth-order valence-electron chi connectivity index (χ4n) is 9.95. The Bertz CT molecular complexity index is 3510. The van der Waals surface area contributed by atoms with Gasteiger partial charge in [0.15, 0.2) is 5.82 Å². The molecular weight excluding hydrogens is 775 g/mol. The molecule has 0 atom stereocenters. The van der Waals surface area contributed by atoms with E-state index in [1.807, 2.05) is 24.3 Å². The second-order valence-corrected chi connectivity index (χ2v) is 17.4. The molecule has 0 spiro atoms. The molecule has 1 aliphatic rings. The van der Waals surface area contributed by atoms with Gasteiger partial charge in [-0.05, 0) is 122 Å². The molecule has 64 heavy (non-hydrogen) atoms. The average molecular weight is 818 g/mol. The molecule has 0 unspecified atom stereocenters. The minimum Gasteiger partial charge on any atom is -0.309 e. The van der Waals surface area contributed by atoms with Crippen molar-refractivity contribution in [3.05, 3.63) is 236 Å². The van der Waals surface area contributed by atoms with Crippen molar-refractivity contribution in [2.75, 3.05) is 0 Å². The maximum Gasteiger partial charge on any atom is 0.160 e. The van der Waals surface area contributed by atoms with Crippen LogP contribution in [0.5, 0.6) is 0 Å². The summed E-state index contributed by atoms with van der Waals surface area (Å²) in [7, 11) is 0. The van der Waals surface area contributed by atoms with Crippen LogP contribution >= 0.6 is 0 Å². The molecule has 0 amide bonds. The lowest BCUT2D eigenvalue weighted by atomic mass is 9.81. The van der Waals surface area contributed by atoms with Gasteiger partial charge in [-0.15, -0.1) is 0 Å². The molecule has 2 heterocycles. The molecule has 1 aliphatic carbocycles. The third-order valence-electron chi connectivity index (χ3n) is 13.2. The van der Waals surface area contributed by atoms with Crippen molar-refractivity contribution in [1.82, 2.24) is 14.5 Å². The largest absolute Gasteiger partial charge is 0.309 e. The van der Waals surface area contributed by atoms with Gasteiger partial charge in [-0.2, -0.15) is 0 Å². The SMILES string of the molecule is CC1(C)c2ccccc2-c2ccc(-c3cc(-c4cccc(-c5cc(-c6ccccc6)nc(-c6ccccc6)n5)c4)cc(-c4ccc5c(c4)c4ccccc4n5-c4ccccc4)c3)cc21. The maximum atomic E-state index is 5.19. The topological polar surface area (TPSA) is 30.7 Å². The van der Waals surface area contributed by atoms with Crippen LogP contribution in [-0.4, -0.2) is 14.5 Å². The zero-order valence-electron chi connectivity index (χ0n) is 35.7. The van der Waals surface area contributed by atoms with E-state index in [1.165, 1.54) is 66.3 Å². The molecule has 9 aromatic carbocycles.